The van der Waals surface area contributed by atoms with Gasteiger partial charge in [0.05, 0.1) is 10.6 Å². The number of hydrogen-bond donors (Lipinski definition) is 0. The lowest BCUT2D eigenvalue weighted by atomic mass is 10.1. The summed E-state index contributed by atoms with van der Waals surface area (Å²) in [7, 11) is 0. The number of unbranched alkanes of at least 4 members (excludes halogenated alkanes) is 4. The van der Waals surface area contributed by atoms with Crippen molar-refractivity contribution in [2.75, 3.05) is 0 Å². The van der Waals surface area contributed by atoms with Crippen LogP contribution in [0.2, 0.25) is 5.02 Å². The molecule has 0 saturated heterocycles. The van der Waals surface area contributed by atoms with E-state index in [1.165, 1.54) is 6.07 Å². The Morgan fingerprint density at radius 2 is 1.89 bits per heavy atom. The van der Waals surface area contributed by atoms with Gasteiger partial charge < -0.3 is 0 Å². The predicted octanol–water partition coefficient (Wildman–Crippen LogP) is 5.68. The van der Waals surface area contributed by atoms with Gasteiger partial charge in [0.25, 0.3) is 0 Å². The third kappa shape index (κ3) is 5.57. The molecule has 0 atom stereocenters. The van der Waals surface area contributed by atoms with Gasteiger partial charge in [0.2, 0.25) is 0 Å². The van der Waals surface area contributed by atoms with Crippen LogP contribution in [-0.2, 0) is 6.18 Å². The summed E-state index contributed by atoms with van der Waals surface area (Å²) in [6.45, 7) is 2.12. The summed E-state index contributed by atoms with van der Waals surface area (Å²) >= 11 is 5.84. The fourth-order valence-corrected chi connectivity index (χ4v) is 1.76. The maximum atomic E-state index is 12.5. The van der Waals surface area contributed by atoms with E-state index in [-0.39, 0.29) is 10.6 Å². The normalized spacial score (nSPS) is 11.0. The number of benzene rings is 1. The van der Waals surface area contributed by atoms with Gasteiger partial charge >= 0.3 is 6.18 Å². The summed E-state index contributed by atoms with van der Waals surface area (Å²) < 4.78 is 37.6. The highest BCUT2D eigenvalue weighted by atomic mass is 35.5. The molecule has 4 heteroatoms. The smallest absolute Gasteiger partial charge is 0.166 e. The predicted molar refractivity (Wildman–Crippen MR) is 72.1 cm³/mol. The van der Waals surface area contributed by atoms with Crippen molar-refractivity contribution in [1.29, 1.82) is 0 Å². The van der Waals surface area contributed by atoms with E-state index in [4.69, 9.17) is 11.6 Å². The first-order valence-corrected chi connectivity index (χ1v) is 6.68. The fourth-order valence-electron chi connectivity index (χ4n) is 1.60. The largest absolute Gasteiger partial charge is 0.416 e. The van der Waals surface area contributed by atoms with Crippen molar-refractivity contribution >= 4 is 11.6 Å². The third-order valence-electron chi connectivity index (χ3n) is 2.67. The molecule has 1 aromatic carbocycles. The maximum Gasteiger partial charge on any atom is 0.416 e. The molecule has 0 nitrogen and oxygen atoms in total. The number of hydrogen-bond acceptors (Lipinski definition) is 0. The molecule has 0 spiro atoms. The minimum atomic E-state index is -4.36. The Hall–Kier alpha value is -1.14. The van der Waals surface area contributed by atoms with Crippen molar-refractivity contribution < 1.29 is 13.2 Å². The second-order valence-electron chi connectivity index (χ2n) is 4.30. The van der Waals surface area contributed by atoms with Crippen LogP contribution in [-0.4, -0.2) is 0 Å². The molecule has 0 saturated carbocycles. The molecule has 1 rings (SSSR count). The van der Waals surface area contributed by atoms with Crippen LogP contribution in [0.5, 0.6) is 0 Å². The first-order chi connectivity index (χ1) is 8.95. The highest BCUT2D eigenvalue weighted by molar-refractivity contribution is 6.31. The van der Waals surface area contributed by atoms with Crippen LogP contribution < -0.4 is 0 Å². The van der Waals surface area contributed by atoms with Crippen LogP contribution in [0.25, 0.3) is 0 Å². The summed E-state index contributed by atoms with van der Waals surface area (Å²) in [4.78, 5) is 0. The molecular weight excluding hydrogens is 273 g/mol. The van der Waals surface area contributed by atoms with Crippen LogP contribution in [0.1, 0.15) is 50.2 Å². The SMILES string of the molecule is CCCCCCC#Cc1cc(C(F)(F)F)ccc1Cl. The second-order valence-corrected chi connectivity index (χ2v) is 4.71. The molecule has 0 radical (unpaired) electrons. The van der Waals surface area contributed by atoms with E-state index < -0.39 is 11.7 Å². The van der Waals surface area contributed by atoms with Crippen molar-refractivity contribution in [3.05, 3.63) is 34.3 Å². The Morgan fingerprint density at radius 3 is 2.53 bits per heavy atom. The summed E-state index contributed by atoms with van der Waals surface area (Å²) in [6, 6.07) is 3.21. The Bertz CT molecular complexity index is 467. The average molecular weight is 289 g/mol. The van der Waals surface area contributed by atoms with Crippen molar-refractivity contribution in [3.63, 3.8) is 0 Å². The van der Waals surface area contributed by atoms with Crippen LogP contribution >= 0.6 is 11.6 Å². The Kier molecular flexibility index (Phi) is 6.24. The molecule has 1 aromatic rings. The maximum absolute atomic E-state index is 12.5. The fraction of sp³-hybridized carbons (Fsp3) is 0.467. The van der Waals surface area contributed by atoms with Crippen molar-refractivity contribution in [3.8, 4) is 11.8 Å². The zero-order chi connectivity index (χ0) is 14.3. The van der Waals surface area contributed by atoms with E-state index in [2.05, 4.69) is 18.8 Å². The van der Waals surface area contributed by atoms with Gasteiger partial charge in [-0.25, -0.2) is 0 Å². The van der Waals surface area contributed by atoms with E-state index in [9.17, 15) is 13.2 Å². The Morgan fingerprint density at radius 1 is 1.16 bits per heavy atom. The molecule has 0 aromatic heterocycles. The molecule has 0 fully saturated rings. The third-order valence-corrected chi connectivity index (χ3v) is 3.00. The highest BCUT2D eigenvalue weighted by Crippen LogP contribution is 2.31. The molecule has 0 amide bonds. The van der Waals surface area contributed by atoms with Crippen molar-refractivity contribution in [1.82, 2.24) is 0 Å². The van der Waals surface area contributed by atoms with Crippen molar-refractivity contribution in [2.24, 2.45) is 0 Å². The van der Waals surface area contributed by atoms with Crippen LogP contribution in [0.4, 0.5) is 13.2 Å². The van der Waals surface area contributed by atoms with Gasteiger partial charge in [-0.1, -0.05) is 49.6 Å². The summed E-state index contributed by atoms with van der Waals surface area (Å²) in [5, 5.41) is 0.258. The molecule has 0 heterocycles. The van der Waals surface area contributed by atoms with E-state index in [1.54, 1.807) is 0 Å². The van der Waals surface area contributed by atoms with E-state index in [1.807, 2.05) is 0 Å². The first-order valence-electron chi connectivity index (χ1n) is 6.30. The van der Waals surface area contributed by atoms with E-state index in [0.29, 0.717) is 6.42 Å². The van der Waals surface area contributed by atoms with Gasteiger partial charge in [-0.2, -0.15) is 13.2 Å². The highest BCUT2D eigenvalue weighted by Gasteiger charge is 2.30. The average Bonchev–Trinajstić information content (AvgIpc) is 2.34. The molecule has 19 heavy (non-hydrogen) atoms. The van der Waals surface area contributed by atoms with Crippen LogP contribution in [0, 0.1) is 11.8 Å². The van der Waals surface area contributed by atoms with Crippen LogP contribution in [0.3, 0.4) is 0 Å². The van der Waals surface area contributed by atoms with Gasteiger partial charge in [-0.3, -0.25) is 0 Å². The standard InChI is InChI=1S/C15H16ClF3/c1-2-3-4-5-6-7-8-12-11-13(15(17,18)19)9-10-14(12)16/h9-11H,2-6H2,1H3. The molecule has 0 bridgehead atoms. The summed E-state index contributed by atoms with van der Waals surface area (Å²) in [6.07, 6.45) is 0.701. The Balaban J connectivity index is 2.70. The van der Waals surface area contributed by atoms with E-state index in [0.717, 1.165) is 37.8 Å². The Labute approximate surface area is 117 Å². The van der Waals surface area contributed by atoms with E-state index >= 15 is 0 Å². The molecule has 0 aliphatic heterocycles. The quantitative estimate of drug-likeness (QED) is 0.494. The minimum Gasteiger partial charge on any atom is -0.166 e. The lowest BCUT2D eigenvalue weighted by Crippen LogP contribution is -2.04. The van der Waals surface area contributed by atoms with Crippen LogP contribution in [0.15, 0.2) is 18.2 Å². The zero-order valence-corrected chi connectivity index (χ0v) is 11.5. The monoisotopic (exact) mass is 288 g/mol. The lowest BCUT2D eigenvalue weighted by Gasteiger charge is -2.07. The second kappa shape index (κ2) is 7.45. The summed E-state index contributed by atoms with van der Waals surface area (Å²) in [5.74, 6) is 5.60. The van der Waals surface area contributed by atoms with Gasteiger partial charge in [0, 0.05) is 12.0 Å². The van der Waals surface area contributed by atoms with Gasteiger partial charge in [0.15, 0.2) is 0 Å². The molecular formula is C15H16ClF3. The zero-order valence-electron chi connectivity index (χ0n) is 10.8. The van der Waals surface area contributed by atoms with Crippen molar-refractivity contribution in [2.45, 2.75) is 45.2 Å². The lowest BCUT2D eigenvalue weighted by molar-refractivity contribution is -0.137. The minimum absolute atomic E-state index is 0.243. The number of alkyl halides is 3. The summed E-state index contributed by atoms with van der Waals surface area (Å²) in [5.41, 5.74) is -0.473. The molecule has 0 unspecified atom stereocenters. The molecule has 104 valence electrons. The number of halogens is 4. The van der Waals surface area contributed by atoms with Gasteiger partial charge in [-0.05, 0) is 24.6 Å². The molecule has 0 aliphatic rings. The molecule has 0 N–H and O–H groups in total. The van der Waals surface area contributed by atoms with Gasteiger partial charge in [-0.15, -0.1) is 0 Å². The first kappa shape index (κ1) is 15.9. The topological polar surface area (TPSA) is 0 Å². The molecule has 0 aliphatic carbocycles. The van der Waals surface area contributed by atoms with Gasteiger partial charge in [0.1, 0.15) is 0 Å². The number of rotatable bonds is 4.